The molecule has 3 aliphatic heterocycles. The zero-order valence-corrected chi connectivity index (χ0v) is 36.8. The van der Waals surface area contributed by atoms with Crippen molar-refractivity contribution in [3.8, 4) is 11.8 Å². The van der Waals surface area contributed by atoms with Gasteiger partial charge in [-0.25, -0.2) is 23.3 Å². The number of anilines is 2. The molecule has 10 rings (SSSR count). The zero-order chi connectivity index (χ0) is 45.5. The van der Waals surface area contributed by atoms with Gasteiger partial charge in [-0.1, -0.05) is 24.8 Å². The van der Waals surface area contributed by atoms with Crippen LogP contribution in [0.3, 0.4) is 0 Å². The van der Waals surface area contributed by atoms with E-state index in [4.69, 9.17) is 9.72 Å². The standard InChI is InChI=1S/C48H53F2N11O5/c1-29-23-33(28-62)58(25-29)40-17-21-59-46(54-40)36(24-52-59)47(64)53-37-27-60(56-43(37)44(49)50)32-11-9-30(10-12-32)26-57-19-15-34(16-20-57)66-22-4-6-31-5-2-8-38-42(31)35-7-3-18-51-45(35)61(38)39-13-14-41(63)55-48(39)65/h2-3,5,7-8,17-18,21,24,27,29-30,32-34,39,44,62H,9-16,19-20,22-23,25-26,28H2,1H3,(H,53,64)(H,55,63,65)/t29-,30?,32?,33+,39?/m0/s1. The molecule has 3 N–H and O–H groups in total. The molecule has 16 nitrogen and oxygen atoms in total. The monoisotopic (exact) mass is 901 g/mol. The van der Waals surface area contributed by atoms with Crippen molar-refractivity contribution in [3.05, 3.63) is 78.0 Å². The second-order valence-electron chi connectivity index (χ2n) is 18.3. The molecule has 8 heterocycles. The molecule has 344 valence electrons. The van der Waals surface area contributed by atoms with E-state index >= 15 is 0 Å². The maximum atomic E-state index is 14.3. The van der Waals surface area contributed by atoms with Crippen LogP contribution in [-0.4, -0.2) is 113 Å². The highest BCUT2D eigenvalue weighted by atomic mass is 19.3. The van der Waals surface area contributed by atoms with Crippen LogP contribution in [0.4, 0.5) is 20.3 Å². The summed E-state index contributed by atoms with van der Waals surface area (Å²) in [6.07, 6.45) is 10.4. The number of carbonyl (C=O) groups excluding carboxylic acids is 3. The number of benzene rings is 1. The van der Waals surface area contributed by atoms with Crippen molar-refractivity contribution in [3.63, 3.8) is 0 Å². The highest BCUT2D eigenvalue weighted by molar-refractivity contribution is 6.11. The molecule has 1 aliphatic carbocycles. The first kappa shape index (κ1) is 43.6. The van der Waals surface area contributed by atoms with E-state index < -0.39 is 24.1 Å². The van der Waals surface area contributed by atoms with Crippen molar-refractivity contribution in [2.45, 2.75) is 95.4 Å². The Morgan fingerprint density at radius 2 is 1.88 bits per heavy atom. The fourth-order valence-electron chi connectivity index (χ4n) is 10.6. The van der Waals surface area contributed by atoms with Crippen LogP contribution in [0.5, 0.6) is 0 Å². The lowest BCUT2D eigenvalue weighted by Crippen LogP contribution is -2.41. The van der Waals surface area contributed by atoms with Gasteiger partial charge in [0.05, 0.1) is 42.2 Å². The van der Waals surface area contributed by atoms with E-state index in [-0.39, 0.29) is 54.3 Å². The SMILES string of the molecule is C[C@H]1C[C@H](CO)N(c2ccn3ncc(C(=O)Nc4cn(C5CCC(CN6CCC(OCC#Cc7cccc8c7c7cccnc7n8C7CCC(=O)NC7=O)CC6)CC5)nc4C(F)F)c3n2)C1. The van der Waals surface area contributed by atoms with Gasteiger partial charge < -0.3 is 29.5 Å². The van der Waals surface area contributed by atoms with Gasteiger partial charge in [0.15, 0.2) is 11.3 Å². The molecule has 0 bridgehead atoms. The van der Waals surface area contributed by atoms with Crippen molar-refractivity contribution in [2.24, 2.45) is 11.8 Å². The van der Waals surface area contributed by atoms with E-state index in [1.807, 2.05) is 39.8 Å². The number of halogens is 2. The quantitative estimate of drug-likeness (QED) is 0.102. The largest absolute Gasteiger partial charge is 0.394 e. The van der Waals surface area contributed by atoms with Gasteiger partial charge in [-0.05, 0) is 93.5 Å². The van der Waals surface area contributed by atoms with Crippen molar-refractivity contribution in [1.29, 1.82) is 0 Å². The number of likely N-dealkylation sites (tertiary alicyclic amines) is 1. The average Bonchev–Trinajstić information content (AvgIpc) is 4.12. The van der Waals surface area contributed by atoms with Crippen LogP contribution in [0.25, 0.3) is 27.6 Å². The molecule has 4 aliphatic rings. The molecule has 1 saturated carbocycles. The predicted molar refractivity (Wildman–Crippen MR) is 242 cm³/mol. The van der Waals surface area contributed by atoms with E-state index in [9.17, 15) is 28.3 Å². The Labute approximate surface area is 379 Å². The van der Waals surface area contributed by atoms with Gasteiger partial charge in [-0.3, -0.25) is 24.4 Å². The number of ether oxygens (including phenoxy) is 1. The van der Waals surface area contributed by atoms with Gasteiger partial charge in [-0.15, -0.1) is 0 Å². The third kappa shape index (κ3) is 8.62. The molecular formula is C48H53F2N11O5. The van der Waals surface area contributed by atoms with Crippen LogP contribution in [0.1, 0.15) is 105 Å². The van der Waals surface area contributed by atoms with E-state index in [1.54, 1.807) is 23.1 Å². The summed E-state index contributed by atoms with van der Waals surface area (Å²) in [7, 11) is 0. The summed E-state index contributed by atoms with van der Waals surface area (Å²) >= 11 is 0. The number of hydrogen-bond acceptors (Lipinski definition) is 11. The van der Waals surface area contributed by atoms with Gasteiger partial charge >= 0.3 is 0 Å². The van der Waals surface area contributed by atoms with Crippen LogP contribution in [0.2, 0.25) is 0 Å². The lowest BCUT2D eigenvalue weighted by molar-refractivity contribution is -0.135. The normalized spacial score (nSPS) is 23.2. The number of amides is 3. The number of nitrogens with zero attached hydrogens (tertiary/aromatic N) is 9. The Kier molecular flexibility index (Phi) is 12.2. The first-order valence-electron chi connectivity index (χ1n) is 23.1. The van der Waals surface area contributed by atoms with Crippen molar-refractivity contribution in [2.75, 3.05) is 49.6 Å². The fraction of sp³-hybridized carbons (Fsp3) is 0.479. The molecule has 6 aromatic rings. The number of rotatable bonds is 11. The summed E-state index contributed by atoms with van der Waals surface area (Å²) in [6, 6.07) is 10.9. The molecule has 1 aromatic carbocycles. The first-order valence-corrected chi connectivity index (χ1v) is 23.1. The molecule has 3 saturated heterocycles. The minimum atomic E-state index is -2.88. The summed E-state index contributed by atoms with van der Waals surface area (Å²) in [5.74, 6) is 6.85. The first-order chi connectivity index (χ1) is 32.1. The van der Waals surface area contributed by atoms with Gasteiger partial charge in [0.25, 0.3) is 12.3 Å². The maximum Gasteiger partial charge on any atom is 0.284 e. The number of carbonyl (C=O) groups is 3. The third-order valence-electron chi connectivity index (χ3n) is 13.9. The minimum Gasteiger partial charge on any atom is -0.394 e. The van der Waals surface area contributed by atoms with E-state index in [2.05, 4.69) is 49.5 Å². The van der Waals surface area contributed by atoms with Gasteiger partial charge in [0.2, 0.25) is 11.8 Å². The molecule has 0 spiro atoms. The van der Waals surface area contributed by atoms with Crippen molar-refractivity contribution < 1.29 is 33.0 Å². The Morgan fingerprint density at radius 3 is 2.67 bits per heavy atom. The van der Waals surface area contributed by atoms with Crippen LogP contribution < -0.4 is 15.5 Å². The molecule has 3 amide bonds. The number of pyridine rings is 1. The molecule has 18 heteroatoms. The lowest BCUT2D eigenvalue weighted by atomic mass is 9.85. The fourth-order valence-corrected chi connectivity index (χ4v) is 10.6. The molecule has 0 radical (unpaired) electrons. The lowest BCUT2D eigenvalue weighted by Gasteiger charge is -2.36. The van der Waals surface area contributed by atoms with Crippen molar-refractivity contribution in [1.82, 2.24) is 44.1 Å². The third-order valence-corrected chi connectivity index (χ3v) is 13.9. The molecule has 5 aromatic heterocycles. The molecule has 1 unspecified atom stereocenters. The minimum absolute atomic E-state index is 0.00714. The zero-order valence-electron chi connectivity index (χ0n) is 36.8. The summed E-state index contributed by atoms with van der Waals surface area (Å²) < 4.78 is 39.9. The summed E-state index contributed by atoms with van der Waals surface area (Å²) in [6.45, 7) is 5.95. The highest BCUT2D eigenvalue weighted by Gasteiger charge is 2.34. The molecular weight excluding hydrogens is 849 g/mol. The Balaban J connectivity index is 0.712. The van der Waals surface area contributed by atoms with Crippen molar-refractivity contribution >= 4 is 56.8 Å². The number of alkyl halides is 2. The van der Waals surface area contributed by atoms with E-state index in [0.29, 0.717) is 42.0 Å². The summed E-state index contributed by atoms with van der Waals surface area (Å²) in [4.78, 5) is 52.2. The number of nitrogens with one attached hydrogen (secondary N) is 2. The van der Waals surface area contributed by atoms with E-state index in [0.717, 1.165) is 93.0 Å². The highest BCUT2D eigenvalue weighted by Crippen LogP contribution is 2.37. The number of aliphatic hydroxyl groups is 1. The number of fused-ring (bicyclic) bond motifs is 4. The van der Waals surface area contributed by atoms with Crippen LogP contribution in [0, 0.1) is 23.7 Å². The smallest absolute Gasteiger partial charge is 0.284 e. The molecule has 66 heavy (non-hydrogen) atoms. The topological polar surface area (TPSA) is 177 Å². The molecule has 3 atom stereocenters. The van der Waals surface area contributed by atoms with E-state index in [1.165, 1.54) is 16.9 Å². The second kappa shape index (κ2) is 18.5. The van der Waals surface area contributed by atoms with Crippen LogP contribution in [0.15, 0.2) is 61.2 Å². The summed E-state index contributed by atoms with van der Waals surface area (Å²) in [5, 5.41) is 25.5. The predicted octanol–water partition coefficient (Wildman–Crippen LogP) is 6.07. The average molecular weight is 902 g/mol. The number of aliphatic hydroxyl groups excluding tert-OH is 1. The van der Waals surface area contributed by atoms with Gasteiger partial charge in [-0.2, -0.15) is 10.2 Å². The van der Waals surface area contributed by atoms with Gasteiger partial charge in [0, 0.05) is 67.5 Å². The molecule has 4 fully saturated rings. The number of hydrogen-bond donors (Lipinski definition) is 3. The Hall–Kier alpha value is -6.29. The maximum absolute atomic E-state index is 14.3. The number of piperidine rings is 2. The number of aromatic nitrogens is 7. The summed E-state index contributed by atoms with van der Waals surface area (Å²) in [5.41, 5.74) is 2.33. The van der Waals surface area contributed by atoms with Gasteiger partial charge in [0.1, 0.15) is 29.7 Å². The number of imide groups is 1. The Morgan fingerprint density at radius 1 is 1.05 bits per heavy atom. The van der Waals surface area contributed by atoms with Crippen LogP contribution in [-0.2, 0) is 14.3 Å². The van der Waals surface area contributed by atoms with Crippen LogP contribution >= 0.6 is 0 Å². The Bertz CT molecular complexity index is 2850. The second-order valence-corrected chi connectivity index (χ2v) is 18.3.